The molecule has 2 atom stereocenters. The van der Waals surface area contributed by atoms with Gasteiger partial charge in [0.15, 0.2) is 0 Å². The number of carbonyl (C=O) groups excluding carboxylic acids is 2. The van der Waals surface area contributed by atoms with E-state index in [2.05, 4.69) is 24.5 Å². The summed E-state index contributed by atoms with van der Waals surface area (Å²) in [7, 11) is 0. The van der Waals surface area contributed by atoms with Crippen LogP contribution in [0.15, 0.2) is 24.3 Å². The molecule has 132 valence electrons. The topological polar surface area (TPSA) is 87.5 Å². The number of amides is 3. The number of imide groups is 1. The maximum absolute atomic E-state index is 13.5. The molecule has 2 rings (SSSR count). The van der Waals surface area contributed by atoms with Gasteiger partial charge in [-0.1, -0.05) is 26.0 Å². The van der Waals surface area contributed by atoms with Gasteiger partial charge in [0.1, 0.15) is 5.82 Å². The fraction of sp³-hybridized carbons (Fsp3) is 0.529. The van der Waals surface area contributed by atoms with Crippen LogP contribution in [0, 0.1) is 11.2 Å². The number of benzene rings is 1. The molecule has 4 N–H and O–H groups in total. The molecule has 1 aliphatic rings. The van der Waals surface area contributed by atoms with E-state index in [1.807, 2.05) is 4.90 Å². The lowest BCUT2D eigenvalue weighted by Crippen LogP contribution is -2.58. The van der Waals surface area contributed by atoms with Crippen LogP contribution in [-0.2, 0) is 4.79 Å². The molecular weight excluding hydrogens is 311 g/mol. The molecule has 3 amide bonds. The van der Waals surface area contributed by atoms with Crippen molar-refractivity contribution < 1.29 is 14.0 Å². The monoisotopic (exact) mass is 336 g/mol. The SMILES string of the molecule is CC(C(=O)NC(=O)Nc1ccccc1F)N1CCC(N)C(C)(C)C1. The second-order valence-corrected chi connectivity index (χ2v) is 6.95. The number of nitrogens with two attached hydrogens (primary N) is 1. The highest BCUT2D eigenvalue weighted by Gasteiger charge is 2.36. The minimum Gasteiger partial charge on any atom is -0.327 e. The molecule has 0 aliphatic carbocycles. The first-order valence-corrected chi connectivity index (χ1v) is 8.07. The highest BCUT2D eigenvalue weighted by atomic mass is 19.1. The highest BCUT2D eigenvalue weighted by Crippen LogP contribution is 2.28. The van der Waals surface area contributed by atoms with Crippen molar-refractivity contribution in [3.05, 3.63) is 30.1 Å². The van der Waals surface area contributed by atoms with E-state index in [-0.39, 0.29) is 17.1 Å². The van der Waals surface area contributed by atoms with E-state index < -0.39 is 23.8 Å². The summed E-state index contributed by atoms with van der Waals surface area (Å²) in [6.07, 6.45) is 0.798. The number of rotatable bonds is 3. The molecule has 0 bridgehead atoms. The molecule has 1 heterocycles. The normalized spacial score (nSPS) is 21.8. The smallest absolute Gasteiger partial charge is 0.326 e. The summed E-state index contributed by atoms with van der Waals surface area (Å²) in [5.41, 5.74) is 6.04. The summed E-state index contributed by atoms with van der Waals surface area (Å²) in [5, 5.41) is 4.60. The zero-order valence-corrected chi connectivity index (χ0v) is 14.3. The van der Waals surface area contributed by atoms with Gasteiger partial charge in [-0.15, -0.1) is 0 Å². The van der Waals surface area contributed by atoms with Crippen molar-refractivity contribution in [2.24, 2.45) is 11.1 Å². The van der Waals surface area contributed by atoms with Gasteiger partial charge in [0.05, 0.1) is 11.7 Å². The van der Waals surface area contributed by atoms with Gasteiger partial charge in [0.25, 0.3) is 0 Å². The van der Waals surface area contributed by atoms with Gasteiger partial charge in [-0.2, -0.15) is 0 Å². The van der Waals surface area contributed by atoms with E-state index in [9.17, 15) is 14.0 Å². The summed E-state index contributed by atoms with van der Waals surface area (Å²) in [6, 6.07) is 4.66. The molecule has 0 aromatic heterocycles. The minimum absolute atomic E-state index is 0.0283. The third-order valence-electron chi connectivity index (χ3n) is 4.63. The number of hydrogen-bond acceptors (Lipinski definition) is 4. The number of nitrogens with zero attached hydrogens (tertiary/aromatic N) is 1. The van der Waals surface area contributed by atoms with E-state index in [1.165, 1.54) is 18.2 Å². The van der Waals surface area contributed by atoms with Crippen LogP contribution < -0.4 is 16.4 Å². The first-order chi connectivity index (χ1) is 11.2. The standard InChI is InChI=1S/C17H25FN4O2/c1-11(22-9-8-14(19)17(2,3)10-22)15(23)21-16(24)20-13-7-5-4-6-12(13)18/h4-7,11,14H,8-10,19H2,1-3H3,(H2,20,21,23,24). The third-order valence-corrected chi connectivity index (χ3v) is 4.63. The summed E-state index contributed by atoms with van der Waals surface area (Å²) >= 11 is 0. The summed E-state index contributed by atoms with van der Waals surface area (Å²) in [4.78, 5) is 26.2. The molecule has 1 aliphatic heterocycles. The first-order valence-electron chi connectivity index (χ1n) is 8.07. The predicted molar refractivity (Wildman–Crippen MR) is 91.0 cm³/mol. The Balaban J connectivity index is 1.92. The Morgan fingerprint density at radius 2 is 2.04 bits per heavy atom. The number of halogens is 1. The number of para-hydroxylation sites is 1. The molecule has 7 heteroatoms. The van der Waals surface area contributed by atoms with Crippen molar-refractivity contribution in [3.8, 4) is 0 Å². The first kappa shape index (κ1) is 18.4. The van der Waals surface area contributed by atoms with Gasteiger partial charge in [-0.05, 0) is 30.9 Å². The van der Waals surface area contributed by atoms with Crippen LogP contribution in [0.5, 0.6) is 0 Å². The number of nitrogens with one attached hydrogen (secondary N) is 2. The summed E-state index contributed by atoms with van der Waals surface area (Å²) in [6.45, 7) is 7.27. The van der Waals surface area contributed by atoms with Gasteiger partial charge in [0.2, 0.25) is 5.91 Å². The summed E-state index contributed by atoms with van der Waals surface area (Å²) < 4.78 is 13.5. The molecule has 0 radical (unpaired) electrons. The molecule has 24 heavy (non-hydrogen) atoms. The van der Waals surface area contributed by atoms with E-state index >= 15 is 0 Å². The van der Waals surface area contributed by atoms with Gasteiger partial charge in [0, 0.05) is 19.1 Å². The average Bonchev–Trinajstić information content (AvgIpc) is 2.51. The Labute approximate surface area is 141 Å². The van der Waals surface area contributed by atoms with Crippen molar-refractivity contribution in [1.82, 2.24) is 10.2 Å². The maximum atomic E-state index is 13.5. The maximum Gasteiger partial charge on any atom is 0.326 e. The number of piperidine rings is 1. The van der Waals surface area contributed by atoms with Crippen molar-refractivity contribution >= 4 is 17.6 Å². The molecule has 1 saturated heterocycles. The molecule has 1 fully saturated rings. The molecule has 0 spiro atoms. The number of anilines is 1. The molecule has 1 aromatic carbocycles. The van der Waals surface area contributed by atoms with Gasteiger partial charge in [-0.25, -0.2) is 9.18 Å². The lowest BCUT2D eigenvalue weighted by Gasteiger charge is -2.44. The lowest BCUT2D eigenvalue weighted by atomic mass is 9.79. The number of hydrogen-bond donors (Lipinski definition) is 3. The molecule has 0 saturated carbocycles. The van der Waals surface area contributed by atoms with Crippen LogP contribution in [0.4, 0.5) is 14.9 Å². The Hall–Kier alpha value is -1.99. The van der Waals surface area contributed by atoms with Gasteiger partial charge in [-0.3, -0.25) is 15.0 Å². The zero-order chi connectivity index (χ0) is 17.9. The Morgan fingerprint density at radius 3 is 2.67 bits per heavy atom. The largest absolute Gasteiger partial charge is 0.327 e. The second kappa shape index (κ2) is 7.27. The molecule has 6 nitrogen and oxygen atoms in total. The third kappa shape index (κ3) is 4.30. The minimum atomic E-state index is -0.745. The van der Waals surface area contributed by atoms with Gasteiger partial charge < -0.3 is 11.1 Å². The number of carbonyl (C=O) groups is 2. The van der Waals surface area contributed by atoms with E-state index in [0.29, 0.717) is 13.1 Å². The van der Waals surface area contributed by atoms with Crippen LogP contribution in [0.3, 0.4) is 0 Å². The molecule has 1 aromatic rings. The fourth-order valence-corrected chi connectivity index (χ4v) is 2.84. The van der Waals surface area contributed by atoms with E-state index in [0.717, 1.165) is 6.42 Å². The molecule has 2 unspecified atom stereocenters. The number of likely N-dealkylation sites (tertiary alicyclic amines) is 1. The second-order valence-electron chi connectivity index (χ2n) is 6.95. The van der Waals surface area contributed by atoms with Crippen molar-refractivity contribution in [1.29, 1.82) is 0 Å². The van der Waals surface area contributed by atoms with Crippen LogP contribution in [0.2, 0.25) is 0 Å². The van der Waals surface area contributed by atoms with Crippen LogP contribution >= 0.6 is 0 Å². The highest BCUT2D eigenvalue weighted by molar-refractivity contribution is 6.02. The zero-order valence-electron chi connectivity index (χ0n) is 14.3. The van der Waals surface area contributed by atoms with Crippen molar-refractivity contribution in [3.63, 3.8) is 0 Å². The van der Waals surface area contributed by atoms with Crippen LogP contribution in [0.25, 0.3) is 0 Å². The number of urea groups is 1. The Morgan fingerprint density at radius 1 is 1.38 bits per heavy atom. The fourth-order valence-electron chi connectivity index (χ4n) is 2.84. The van der Waals surface area contributed by atoms with E-state index in [4.69, 9.17) is 5.73 Å². The predicted octanol–water partition coefficient (Wildman–Crippen LogP) is 1.92. The lowest BCUT2D eigenvalue weighted by molar-refractivity contribution is -0.126. The average molecular weight is 336 g/mol. The van der Waals surface area contributed by atoms with Gasteiger partial charge >= 0.3 is 6.03 Å². The quantitative estimate of drug-likeness (QED) is 0.787. The van der Waals surface area contributed by atoms with Crippen LogP contribution in [0.1, 0.15) is 27.2 Å². The molecular formula is C17H25FN4O2. The summed E-state index contributed by atoms with van der Waals surface area (Å²) in [5.74, 6) is -0.977. The Bertz CT molecular complexity index is 620. The Kier molecular flexibility index (Phi) is 5.56. The van der Waals surface area contributed by atoms with E-state index in [1.54, 1.807) is 13.0 Å². The van der Waals surface area contributed by atoms with Crippen LogP contribution in [-0.4, -0.2) is 42.0 Å². The van der Waals surface area contributed by atoms with Crippen molar-refractivity contribution in [2.45, 2.75) is 39.3 Å². The van der Waals surface area contributed by atoms with Crippen molar-refractivity contribution in [2.75, 3.05) is 18.4 Å².